The van der Waals surface area contributed by atoms with Gasteiger partial charge in [-0.25, -0.2) is 4.98 Å². The number of furan rings is 1. The molecule has 0 spiro atoms. The van der Waals surface area contributed by atoms with E-state index in [-0.39, 0.29) is 30.5 Å². The van der Waals surface area contributed by atoms with Gasteiger partial charge in [0.1, 0.15) is 10.6 Å². The summed E-state index contributed by atoms with van der Waals surface area (Å²) in [6.45, 7) is 4.82. The lowest BCUT2D eigenvalue weighted by atomic mass is 10.1. The first-order valence-corrected chi connectivity index (χ1v) is 13.1. The summed E-state index contributed by atoms with van der Waals surface area (Å²) < 4.78 is 7.21. The molecule has 7 nitrogen and oxygen atoms in total. The number of aromatic nitrogens is 2. The highest BCUT2D eigenvalue weighted by Crippen LogP contribution is 2.30. The zero-order valence-corrected chi connectivity index (χ0v) is 20.7. The molecule has 1 aliphatic rings. The van der Waals surface area contributed by atoms with E-state index in [1.54, 1.807) is 17.2 Å². The number of thiophene rings is 1. The van der Waals surface area contributed by atoms with E-state index in [4.69, 9.17) is 4.42 Å². The van der Waals surface area contributed by atoms with Crippen molar-refractivity contribution in [2.75, 3.05) is 19.6 Å². The third-order valence-corrected chi connectivity index (χ3v) is 7.59. The summed E-state index contributed by atoms with van der Waals surface area (Å²) in [5.74, 6) is 0.786. The summed E-state index contributed by atoms with van der Waals surface area (Å²) in [4.78, 5) is 33.6. The van der Waals surface area contributed by atoms with Crippen molar-refractivity contribution in [2.45, 2.75) is 45.2 Å². The third kappa shape index (κ3) is 5.23. The Kier molecular flexibility index (Phi) is 7.11. The first-order chi connectivity index (χ1) is 17.1. The zero-order valence-electron chi connectivity index (χ0n) is 19.9. The normalized spacial score (nSPS) is 15.3. The fraction of sp³-hybridized carbons (Fsp3) is 0.370. The number of carbonyl (C=O) groups is 1. The van der Waals surface area contributed by atoms with Gasteiger partial charge in [-0.3, -0.25) is 19.1 Å². The first kappa shape index (κ1) is 23.5. The second-order valence-corrected chi connectivity index (χ2v) is 9.98. The number of hydrogen-bond donors (Lipinski definition) is 1. The maximum Gasteiger partial charge on any atom is 0.262 e. The van der Waals surface area contributed by atoms with Gasteiger partial charge in [-0.2, -0.15) is 0 Å². The first-order valence-electron chi connectivity index (χ1n) is 12.2. The fourth-order valence-corrected chi connectivity index (χ4v) is 5.62. The van der Waals surface area contributed by atoms with Crippen LogP contribution >= 0.6 is 11.3 Å². The molecule has 182 valence electrons. The maximum absolute atomic E-state index is 13.3. The van der Waals surface area contributed by atoms with Gasteiger partial charge in [-0.15, -0.1) is 11.3 Å². The van der Waals surface area contributed by atoms with E-state index >= 15 is 0 Å². The van der Waals surface area contributed by atoms with Crippen LogP contribution in [0.25, 0.3) is 21.3 Å². The second-order valence-electron chi connectivity index (χ2n) is 9.12. The van der Waals surface area contributed by atoms with Crippen LogP contribution in [0.1, 0.15) is 43.0 Å². The van der Waals surface area contributed by atoms with Crippen LogP contribution in [0.2, 0.25) is 0 Å². The largest absolute Gasteiger partial charge is 0.468 e. The van der Waals surface area contributed by atoms with Gasteiger partial charge < -0.3 is 9.73 Å². The Balaban J connectivity index is 1.26. The summed E-state index contributed by atoms with van der Waals surface area (Å²) in [6, 6.07) is 12.0. The number of benzene rings is 1. The molecular weight excluding hydrogens is 460 g/mol. The molecule has 1 aliphatic heterocycles. The minimum absolute atomic E-state index is 0.0258. The molecule has 5 rings (SSSR count). The molecule has 1 atom stereocenters. The van der Waals surface area contributed by atoms with Crippen LogP contribution in [0.15, 0.2) is 63.6 Å². The van der Waals surface area contributed by atoms with E-state index in [1.807, 2.05) is 48.7 Å². The Morgan fingerprint density at radius 3 is 2.71 bits per heavy atom. The second kappa shape index (κ2) is 10.6. The molecule has 4 aromatic rings. The van der Waals surface area contributed by atoms with Crippen molar-refractivity contribution in [3.8, 4) is 11.1 Å². The molecular formula is C27H30N4O3S. The number of amides is 1. The molecule has 8 heteroatoms. The van der Waals surface area contributed by atoms with Crippen LogP contribution in [0.5, 0.6) is 0 Å². The Bertz CT molecular complexity index is 1340. The van der Waals surface area contributed by atoms with E-state index in [0.717, 1.165) is 42.8 Å². The molecule has 1 N–H and O–H groups in total. The number of fused-ring (bicyclic) bond motifs is 1. The lowest BCUT2D eigenvalue weighted by Gasteiger charge is -2.33. The van der Waals surface area contributed by atoms with E-state index < -0.39 is 0 Å². The van der Waals surface area contributed by atoms with Gasteiger partial charge in [0.2, 0.25) is 5.91 Å². The number of carbonyl (C=O) groups excluding carboxylic acids is 1. The number of nitrogens with zero attached hydrogens (tertiary/aromatic N) is 3. The van der Waals surface area contributed by atoms with Gasteiger partial charge in [-0.1, -0.05) is 36.2 Å². The Morgan fingerprint density at radius 1 is 1.17 bits per heavy atom. The van der Waals surface area contributed by atoms with Crippen LogP contribution in [-0.4, -0.2) is 40.0 Å². The van der Waals surface area contributed by atoms with Gasteiger partial charge in [0.15, 0.2) is 0 Å². The Labute approximate surface area is 208 Å². The summed E-state index contributed by atoms with van der Waals surface area (Å²) in [5.41, 5.74) is 2.95. The Morgan fingerprint density at radius 2 is 1.97 bits per heavy atom. The van der Waals surface area contributed by atoms with Gasteiger partial charge in [-0.05, 0) is 50.6 Å². The molecule has 0 aliphatic carbocycles. The average Bonchev–Trinajstić information content (AvgIpc) is 3.56. The minimum Gasteiger partial charge on any atom is -0.468 e. The van der Waals surface area contributed by atoms with Gasteiger partial charge in [0, 0.05) is 30.5 Å². The maximum atomic E-state index is 13.3. The molecule has 1 aromatic carbocycles. The number of nitrogens with one attached hydrogen (secondary N) is 1. The number of aryl methyl sites for hydroxylation is 2. The predicted molar refractivity (Wildman–Crippen MR) is 139 cm³/mol. The molecule has 1 fully saturated rings. The highest BCUT2D eigenvalue weighted by Gasteiger charge is 2.25. The van der Waals surface area contributed by atoms with Gasteiger partial charge in [0.05, 0.1) is 24.0 Å². The Hall–Kier alpha value is -3.23. The SMILES string of the molecule is Cc1ccc(-c2csc3ncn(CCC(=O)NC[C@H](c4ccco4)N4CCCCC4)c(=O)c23)cc1. The van der Waals surface area contributed by atoms with Crippen LogP contribution < -0.4 is 10.9 Å². The van der Waals surface area contributed by atoms with Crippen LogP contribution in [0.3, 0.4) is 0 Å². The van der Waals surface area contributed by atoms with Crippen molar-refractivity contribution < 1.29 is 9.21 Å². The summed E-state index contributed by atoms with van der Waals surface area (Å²) >= 11 is 1.47. The lowest BCUT2D eigenvalue weighted by Crippen LogP contribution is -2.40. The van der Waals surface area contributed by atoms with Crippen LogP contribution in [0, 0.1) is 6.92 Å². The topological polar surface area (TPSA) is 80.4 Å². The summed E-state index contributed by atoms with van der Waals surface area (Å²) in [5, 5.41) is 5.66. The molecule has 3 aromatic heterocycles. The van der Waals surface area contributed by atoms with E-state index in [1.165, 1.54) is 23.3 Å². The summed E-state index contributed by atoms with van der Waals surface area (Å²) in [6.07, 6.45) is 7.01. The standard InChI is InChI=1S/C27H30N4O3S/c1-19-7-9-20(10-8-19)21-17-35-26-25(21)27(33)31(18-29-26)14-11-24(32)28-16-22(23-6-5-15-34-23)30-12-3-2-4-13-30/h5-10,15,17-18,22H,2-4,11-14,16H2,1H3,(H,28,32)/t22-/m1/s1. The number of rotatable bonds is 8. The molecule has 0 bridgehead atoms. The van der Waals surface area contributed by atoms with Crippen molar-refractivity contribution >= 4 is 27.5 Å². The smallest absolute Gasteiger partial charge is 0.262 e. The van der Waals surface area contributed by atoms with E-state index in [2.05, 4.69) is 15.2 Å². The quantitative estimate of drug-likeness (QED) is 0.385. The molecule has 4 heterocycles. The van der Waals surface area contributed by atoms with Crippen molar-refractivity contribution in [2.24, 2.45) is 0 Å². The molecule has 0 saturated carbocycles. The highest BCUT2D eigenvalue weighted by atomic mass is 32.1. The van der Waals surface area contributed by atoms with Crippen molar-refractivity contribution in [1.82, 2.24) is 19.8 Å². The molecule has 0 radical (unpaired) electrons. The van der Waals surface area contributed by atoms with Crippen LogP contribution in [0.4, 0.5) is 0 Å². The van der Waals surface area contributed by atoms with Gasteiger partial charge >= 0.3 is 0 Å². The third-order valence-electron chi connectivity index (χ3n) is 6.70. The summed E-state index contributed by atoms with van der Waals surface area (Å²) in [7, 11) is 0. The van der Waals surface area contributed by atoms with Crippen molar-refractivity contribution in [3.63, 3.8) is 0 Å². The van der Waals surface area contributed by atoms with E-state index in [9.17, 15) is 9.59 Å². The lowest BCUT2D eigenvalue weighted by molar-refractivity contribution is -0.121. The van der Waals surface area contributed by atoms with Gasteiger partial charge in [0.25, 0.3) is 5.56 Å². The average molecular weight is 491 g/mol. The van der Waals surface area contributed by atoms with Crippen molar-refractivity contribution in [3.05, 3.63) is 76.0 Å². The van der Waals surface area contributed by atoms with Crippen molar-refractivity contribution in [1.29, 1.82) is 0 Å². The fourth-order valence-electron chi connectivity index (χ4n) is 4.71. The molecule has 1 amide bonds. The van der Waals surface area contributed by atoms with E-state index in [0.29, 0.717) is 16.8 Å². The predicted octanol–water partition coefficient (Wildman–Crippen LogP) is 4.76. The molecule has 35 heavy (non-hydrogen) atoms. The monoisotopic (exact) mass is 490 g/mol. The molecule has 1 saturated heterocycles. The number of likely N-dealkylation sites (tertiary alicyclic amines) is 1. The highest BCUT2D eigenvalue weighted by molar-refractivity contribution is 7.17. The zero-order chi connectivity index (χ0) is 24.2. The number of piperidine rings is 1. The van der Waals surface area contributed by atoms with Crippen LogP contribution in [-0.2, 0) is 11.3 Å². The molecule has 0 unspecified atom stereocenters. The minimum atomic E-state index is -0.110. The number of hydrogen-bond acceptors (Lipinski definition) is 6.